The van der Waals surface area contributed by atoms with Crippen molar-refractivity contribution in [1.82, 2.24) is 14.5 Å². The minimum absolute atomic E-state index is 0.0779. The number of nitrogens with two attached hydrogens (primary N) is 1. The lowest BCUT2D eigenvalue weighted by atomic mass is 9.96. The Morgan fingerprint density at radius 2 is 2.08 bits per heavy atom. The molecule has 0 atom stereocenters. The van der Waals surface area contributed by atoms with Gasteiger partial charge in [-0.3, -0.25) is 19.0 Å². The summed E-state index contributed by atoms with van der Waals surface area (Å²) in [5.74, 6) is -0.172. The number of likely N-dealkylation sites (tertiary alicyclic amines) is 1. The molecule has 126 valence electrons. The zero-order valence-electron chi connectivity index (χ0n) is 13.1. The van der Waals surface area contributed by atoms with E-state index in [1.807, 2.05) is 0 Å². The van der Waals surface area contributed by atoms with E-state index in [-0.39, 0.29) is 29.8 Å². The molecule has 2 aromatic heterocycles. The van der Waals surface area contributed by atoms with Gasteiger partial charge >= 0.3 is 0 Å². The summed E-state index contributed by atoms with van der Waals surface area (Å²) in [6, 6.07) is 4.76. The summed E-state index contributed by atoms with van der Waals surface area (Å²) in [5, 5.41) is 0. The number of hydrogen-bond acceptors (Lipinski definition) is 5. The molecular weight excluding hydrogens is 312 g/mol. The van der Waals surface area contributed by atoms with Crippen molar-refractivity contribution in [3.63, 3.8) is 0 Å². The van der Waals surface area contributed by atoms with E-state index in [9.17, 15) is 14.4 Å². The summed E-state index contributed by atoms with van der Waals surface area (Å²) < 4.78 is 6.46. The van der Waals surface area contributed by atoms with Crippen molar-refractivity contribution >= 4 is 11.8 Å². The molecule has 1 aliphatic rings. The standard InChI is InChI=1S/C16H18N4O4/c17-16(23)11-3-5-19(6-4-11)15(22)9-20-10-18-12(8-14(20)21)13-2-1-7-24-13/h1-2,7-8,10-11H,3-6,9H2,(H2,17,23). The van der Waals surface area contributed by atoms with Gasteiger partial charge in [0.05, 0.1) is 12.6 Å². The van der Waals surface area contributed by atoms with E-state index in [0.29, 0.717) is 37.4 Å². The molecule has 0 saturated carbocycles. The topological polar surface area (TPSA) is 111 Å². The fourth-order valence-electron chi connectivity index (χ4n) is 2.76. The number of amides is 2. The molecule has 0 unspecified atom stereocenters. The number of furan rings is 1. The van der Waals surface area contributed by atoms with E-state index in [2.05, 4.69) is 4.98 Å². The number of piperidine rings is 1. The van der Waals surface area contributed by atoms with Gasteiger partial charge in [0, 0.05) is 25.1 Å². The molecule has 0 spiro atoms. The molecule has 1 fully saturated rings. The summed E-state index contributed by atoms with van der Waals surface area (Å²) in [6.07, 6.45) is 3.97. The third-order valence-corrected chi connectivity index (χ3v) is 4.21. The number of rotatable bonds is 4. The number of nitrogens with zero attached hydrogens (tertiary/aromatic N) is 3. The number of aromatic nitrogens is 2. The number of hydrogen-bond donors (Lipinski definition) is 1. The van der Waals surface area contributed by atoms with Crippen molar-refractivity contribution in [1.29, 1.82) is 0 Å². The highest BCUT2D eigenvalue weighted by atomic mass is 16.3. The zero-order chi connectivity index (χ0) is 17.1. The van der Waals surface area contributed by atoms with E-state index in [1.165, 1.54) is 23.2 Å². The number of primary amides is 1. The Hall–Kier alpha value is -2.90. The van der Waals surface area contributed by atoms with Gasteiger partial charge in [-0.2, -0.15) is 0 Å². The molecule has 2 N–H and O–H groups in total. The number of carbonyl (C=O) groups is 2. The summed E-state index contributed by atoms with van der Waals surface area (Å²) in [4.78, 5) is 41.4. The molecule has 2 aromatic rings. The third kappa shape index (κ3) is 3.37. The predicted octanol–water partition coefficient (Wildman–Crippen LogP) is 0.227. The molecule has 3 heterocycles. The fraction of sp³-hybridized carbons (Fsp3) is 0.375. The average molecular weight is 330 g/mol. The van der Waals surface area contributed by atoms with Gasteiger partial charge in [0.25, 0.3) is 5.56 Å². The van der Waals surface area contributed by atoms with Crippen LogP contribution in [0.5, 0.6) is 0 Å². The smallest absolute Gasteiger partial charge is 0.254 e. The Bertz CT molecular complexity index is 789. The molecule has 2 amide bonds. The van der Waals surface area contributed by atoms with E-state index in [1.54, 1.807) is 17.0 Å². The Morgan fingerprint density at radius 3 is 2.67 bits per heavy atom. The van der Waals surface area contributed by atoms with Crippen molar-refractivity contribution < 1.29 is 14.0 Å². The lowest BCUT2D eigenvalue weighted by Crippen LogP contribution is -2.43. The maximum Gasteiger partial charge on any atom is 0.254 e. The fourth-order valence-corrected chi connectivity index (χ4v) is 2.76. The maximum atomic E-state index is 12.3. The van der Waals surface area contributed by atoms with Gasteiger partial charge < -0.3 is 15.1 Å². The maximum absolute atomic E-state index is 12.3. The second-order valence-corrected chi connectivity index (χ2v) is 5.78. The molecule has 0 bridgehead atoms. The largest absolute Gasteiger partial charge is 0.463 e. The van der Waals surface area contributed by atoms with Crippen LogP contribution in [0.4, 0.5) is 0 Å². The zero-order valence-corrected chi connectivity index (χ0v) is 13.1. The highest BCUT2D eigenvalue weighted by Crippen LogP contribution is 2.17. The first-order chi connectivity index (χ1) is 11.5. The molecular formula is C16H18N4O4. The van der Waals surface area contributed by atoms with Crippen LogP contribution in [0.25, 0.3) is 11.5 Å². The summed E-state index contributed by atoms with van der Waals surface area (Å²) in [6.45, 7) is 0.865. The van der Waals surface area contributed by atoms with Crippen molar-refractivity contribution in [3.8, 4) is 11.5 Å². The first-order valence-corrected chi connectivity index (χ1v) is 7.72. The van der Waals surface area contributed by atoms with E-state index in [4.69, 9.17) is 10.2 Å². The van der Waals surface area contributed by atoms with Gasteiger partial charge in [-0.1, -0.05) is 0 Å². The van der Waals surface area contributed by atoms with E-state index >= 15 is 0 Å². The molecule has 8 nitrogen and oxygen atoms in total. The van der Waals surface area contributed by atoms with Crippen LogP contribution in [0.2, 0.25) is 0 Å². The lowest BCUT2D eigenvalue weighted by Gasteiger charge is -2.30. The van der Waals surface area contributed by atoms with Gasteiger partial charge in [-0.15, -0.1) is 0 Å². The van der Waals surface area contributed by atoms with Gasteiger partial charge in [0.2, 0.25) is 11.8 Å². The van der Waals surface area contributed by atoms with E-state index < -0.39 is 0 Å². The lowest BCUT2D eigenvalue weighted by molar-refractivity contribution is -0.135. The summed E-state index contributed by atoms with van der Waals surface area (Å²) in [5.41, 5.74) is 5.39. The average Bonchev–Trinajstić information content (AvgIpc) is 3.11. The van der Waals surface area contributed by atoms with Crippen LogP contribution in [-0.4, -0.2) is 39.4 Å². The van der Waals surface area contributed by atoms with Crippen LogP contribution in [0.3, 0.4) is 0 Å². The SMILES string of the molecule is NC(=O)C1CCN(C(=O)Cn2cnc(-c3ccco3)cc2=O)CC1. The Morgan fingerprint density at radius 1 is 1.33 bits per heavy atom. The monoisotopic (exact) mass is 330 g/mol. The van der Waals surface area contributed by atoms with Crippen LogP contribution in [0.15, 0.2) is 40.0 Å². The molecule has 3 rings (SSSR count). The minimum atomic E-state index is -0.323. The second-order valence-electron chi connectivity index (χ2n) is 5.78. The Labute approximate surface area is 137 Å². The highest BCUT2D eigenvalue weighted by molar-refractivity contribution is 5.78. The minimum Gasteiger partial charge on any atom is -0.463 e. The van der Waals surface area contributed by atoms with Gasteiger partial charge in [-0.25, -0.2) is 4.98 Å². The molecule has 1 aliphatic heterocycles. The Kier molecular flexibility index (Phi) is 4.45. The quantitative estimate of drug-likeness (QED) is 0.862. The second kappa shape index (κ2) is 6.69. The first-order valence-electron chi connectivity index (χ1n) is 7.72. The highest BCUT2D eigenvalue weighted by Gasteiger charge is 2.26. The van der Waals surface area contributed by atoms with Crippen LogP contribution < -0.4 is 11.3 Å². The molecule has 8 heteroatoms. The predicted molar refractivity (Wildman–Crippen MR) is 84.7 cm³/mol. The van der Waals surface area contributed by atoms with Crippen LogP contribution in [0.1, 0.15) is 12.8 Å². The molecule has 0 aliphatic carbocycles. The van der Waals surface area contributed by atoms with Crippen molar-refractivity contribution in [2.75, 3.05) is 13.1 Å². The molecule has 0 radical (unpaired) electrons. The normalized spacial score (nSPS) is 15.4. The summed E-state index contributed by atoms with van der Waals surface area (Å²) in [7, 11) is 0. The van der Waals surface area contributed by atoms with Crippen molar-refractivity contribution in [2.24, 2.45) is 11.7 Å². The van der Waals surface area contributed by atoms with Gasteiger partial charge in [-0.05, 0) is 25.0 Å². The summed E-state index contributed by atoms with van der Waals surface area (Å²) >= 11 is 0. The van der Waals surface area contributed by atoms with Crippen LogP contribution >= 0.6 is 0 Å². The molecule has 1 saturated heterocycles. The Balaban J connectivity index is 1.65. The third-order valence-electron chi connectivity index (χ3n) is 4.21. The number of carbonyl (C=O) groups excluding carboxylic acids is 2. The molecule has 24 heavy (non-hydrogen) atoms. The van der Waals surface area contributed by atoms with Crippen LogP contribution in [-0.2, 0) is 16.1 Å². The first kappa shape index (κ1) is 16.0. The van der Waals surface area contributed by atoms with Gasteiger partial charge in [0.1, 0.15) is 12.2 Å². The molecule has 0 aromatic carbocycles. The van der Waals surface area contributed by atoms with Gasteiger partial charge in [0.15, 0.2) is 5.76 Å². The van der Waals surface area contributed by atoms with Crippen LogP contribution in [0, 0.1) is 5.92 Å². The van der Waals surface area contributed by atoms with Crippen molar-refractivity contribution in [3.05, 3.63) is 41.1 Å². The van der Waals surface area contributed by atoms with Crippen molar-refractivity contribution in [2.45, 2.75) is 19.4 Å². The van der Waals surface area contributed by atoms with E-state index in [0.717, 1.165) is 0 Å².